The number of benzene rings is 2. The van der Waals surface area contributed by atoms with Gasteiger partial charge < -0.3 is 15.3 Å². The van der Waals surface area contributed by atoms with Crippen LogP contribution in [0.15, 0.2) is 48.5 Å². The minimum atomic E-state index is -1.42. The molecule has 1 heterocycles. The number of nitrogens with zero attached hydrogens (tertiary/aromatic N) is 2. The van der Waals surface area contributed by atoms with Gasteiger partial charge in [0.1, 0.15) is 6.61 Å². The molecule has 2 aromatic rings. The minimum Gasteiger partial charge on any atom is -0.388 e. The minimum absolute atomic E-state index is 0.178. The molecule has 188 valence electrons. The molecular formula is C26H28N4O6. The van der Waals surface area contributed by atoms with Gasteiger partial charge in [-0.05, 0) is 42.0 Å². The van der Waals surface area contributed by atoms with E-state index in [0.717, 1.165) is 16.0 Å². The lowest BCUT2D eigenvalue weighted by Crippen LogP contribution is -2.52. The average Bonchev–Trinajstić information content (AvgIpc) is 2.89. The first-order chi connectivity index (χ1) is 17.3. The van der Waals surface area contributed by atoms with Crippen LogP contribution in [0.4, 0.5) is 0 Å². The molecule has 1 fully saturated rings. The first kappa shape index (κ1) is 26.6. The summed E-state index contributed by atoms with van der Waals surface area (Å²) in [5.74, 6) is 3.58. The number of carbonyl (C=O) groups is 4. The molecule has 10 heteroatoms. The van der Waals surface area contributed by atoms with Gasteiger partial charge >= 0.3 is 0 Å². The van der Waals surface area contributed by atoms with Gasteiger partial charge in [-0.3, -0.25) is 29.3 Å². The van der Waals surface area contributed by atoms with Gasteiger partial charge in [-0.25, -0.2) is 5.48 Å². The number of aliphatic hydroxyl groups excluding tert-OH is 1. The lowest BCUT2D eigenvalue weighted by molar-refractivity contribution is -0.139. The SMILES string of the molecule is CNC(=O)C(C(=O)CO)N(C)C(=O)c1ccc(C#Cc2ccc(CN3CC(C(=O)NO)C3)cc2)cc1. The van der Waals surface area contributed by atoms with Gasteiger partial charge in [0.25, 0.3) is 5.91 Å². The maximum absolute atomic E-state index is 12.8. The maximum Gasteiger partial charge on any atom is 0.254 e. The highest BCUT2D eigenvalue weighted by atomic mass is 16.5. The Labute approximate surface area is 208 Å². The Morgan fingerprint density at radius 1 is 1.03 bits per heavy atom. The number of hydroxylamine groups is 1. The van der Waals surface area contributed by atoms with Crippen molar-refractivity contribution in [1.82, 2.24) is 20.6 Å². The summed E-state index contributed by atoms with van der Waals surface area (Å²) in [6.07, 6.45) is 0. The van der Waals surface area contributed by atoms with Crippen molar-refractivity contribution in [3.63, 3.8) is 0 Å². The quantitative estimate of drug-likeness (QED) is 0.173. The van der Waals surface area contributed by atoms with E-state index >= 15 is 0 Å². The summed E-state index contributed by atoms with van der Waals surface area (Å²) in [4.78, 5) is 51.2. The van der Waals surface area contributed by atoms with Crippen molar-refractivity contribution in [1.29, 1.82) is 0 Å². The number of likely N-dealkylation sites (N-methyl/N-ethyl adjacent to an activating group) is 2. The summed E-state index contributed by atoms with van der Waals surface area (Å²) < 4.78 is 0. The van der Waals surface area contributed by atoms with Crippen LogP contribution in [0.1, 0.15) is 27.0 Å². The Morgan fingerprint density at radius 2 is 1.58 bits per heavy atom. The van der Waals surface area contributed by atoms with Crippen LogP contribution in [-0.2, 0) is 20.9 Å². The Hall–Kier alpha value is -4.04. The van der Waals surface area contributed by atoms with Crippen molar-refractivity contribution in [2.24, 2.45) is 5.92 Å². The monoisotopic (exact) mass is 492 g/mol. The summed E-state index contributed by atoms with van der Waals surface area (Å²) in [6.45, 7) is 1.06. The molecule has 36 heavy (non-hydrogen) atoms. The number of aliphatic hydroxyl groups is 1. The van der Waals surface area contributed by atoms with E-state index in [0.29, 0.717) is 25.2 Å². The summed E-state index contributed by atoms with van der Waals surface area (Å²) in [7, 11) is 2.68. The zero-order valence-electron chi connectivity index (χ0n) is 20.0. The van der Waals surface area contributed by atoms with Gasteiger partial charge in [0.15, 0.2) is 11.8 Å². The largest absolute Gasteiger partial charge is 0.388 e. The molecule has 1 atom stereocenters. The third-order valence-electron chi connectivity index (χ3n) is 5.94. The molecule has 0 aliphatic carbocycles. The molecule has 3 rings (SSSR count). The van der Waals surface area contributed by atoms with Crippen LogP contribution < -0.4 is 10.8 Å². The third-order valence-corrected chi connectivity index (χ3v) is 5.94. The number of rotatable bonds is 8. The van der Waals surface area contributed by atoms with E-state index in [1.54, 1.807) is 29.7 Å². The van der Waals surface area contributed by atoms with Crippen LogP contribution in [0.25, 0.3) is 0 Å². The molecule has 1 aliphatic heterocycles. The van der Waals surface area contributed by atoms with E-state index in [1.165, 1.54) is 14.1 Å². The van der Waals surface area contributed by atoms with Crippen LogP contribution >= 0.6 is 0 Å². The standard InChI is InChI=1S/C26H28N4O6/c1-27-25(34)23(22(32)16-31)29(2)26(35)20-11-9-18(10-12-20)4-3-17-5-7-19(8-6-17)13-30-14-21(15-30)24(33)28-36/h5-12,21,23,31,36H,13-16H2,1-2H3,(H,27,34)(H,28,33). The normalized spacial score (nSPS) is 14.0. The lowest BCUT2D eigenvalue weighted by Gasteiger charge is -2.37. The second kappa shape index (κ2) is 12.1. The molecule has 0 aromatic heterocycles. The fourth-order valence-electron chi connectivity index (χ4n) is 3.83. The number of Topliss-reactive ketones (excluding diaryl/α,β-unsaturated/α-hetero) is 1. The van der Waals surface area contributed by atoms with E-state index < -0.39 is 30.2 Å². The Bertz CT molecular complexity index is 1160. The fourth-order valence-corrected chi connectivity index (χ4v) is 3.83. The van der Waals surface area contributed by atoms with Crippen molar-refractivity contribution in [3.05, 3.63) is 70.8 Å². The van der Waals surface area contributed by atoms with Crippen LogP contribution in [0.5, 0.6) is 0 Å². The van der Waals surface area contributed by atoms with E-state index in [9.17, 15) is 19.2 Å². The molecular weight excluding hydrogens is 464 g/mol. The molecule has 4 N–H and O–H groups in total. The molecule has 0 radical (unpaired) electrons. The summed E-state index contributed by atoms with van der Waals surface area (Å²) in [6, 6.07) is 12.8. The topological polar surface area (TPSA) is 139 Å². The van der Waals surface area contributed by atoms with E-state index in [2.05, 4.69) is 22.1 Å². The van der Waals surface area contributed by atoms with Crippen molar-refractivity contribution in [3.8, 4) is 11.8 Å². The predicted octanol–water partition coefficient (Wildman–Crippen LogP) is -0.228. The van der Waals surface area contributed by atoms with Crippen LogP contribution in [-0.4, -0.2) is 83.5 Å². The van der Waals surface area contributed by atoms with Crippen molar-refractivity contribution in [2.45, 2.75) is 12.6 Å². The van der Waals surface area contributed by atoms with Gasteiger partial charge in [0.05, 0.1) is 5.92 Å². The number of likely N-dealkylation sites (tertiary alicyclic amines) is 1. The summed E-state index contributed by atoms with van der Waals surface area (Å²) in [5, 5.41) is 20.1. The number of hydrogen-bond acceptors (Lipinski definition) is 7. The molecule has 10 nitrogen and oxygen atoms in total. The Balaban J connectivity index is 1.59. The van der Waals surface area contributed by atoms with Crippen LogP contribution in [0, 0.1) is 17.8 Å². The van der Waals surface area contributed by atoms with E-state index in [4.69, 9.17) is 10.3 Å². The van der Waals surface area contributed by atoms with Crippen molar-refractivity contribution >= 4 is 23.5 Å². The lowest BCUT2D eigenvalue weighted by atomic mass is 9.98. The molecule has 1 unspecified atom stereocenters. The van der Waals surface area contributed by atoms with E-state index in [1.807, 2.05) is 24.3 Å². The smallest absolute Gasteiger partial charge is 0.254 e. The molecule has 3 amide bonds. The predicted molar refractivity (Wildman–Crippen MR) is 130 cm³/mol. The molecule has 1 aliphatic rings. The molecule has 0 bridgehead atoms. The van der Waals surface area contributed by atoms with Gasteiger partial charge in [0.2, 0.25) is 11.8 Å². The first-order valence-electron chi connectivity index (χ1n) is 11.3. The van der Waals surface area contributed by atoms with E-state index in [-0.39, 0.29) is 17.4 Å². The van der Waals surface area contributed by atoms with Gasteiger partial charge in [-0.2, -0.15) is 0 Å². The zero-order valence-corrected chi connectivity index (χ0v) is 20.0. The molecule has 1 saturated heterocycles. The highest BCUT2D eigenvalue weighted by Gasteiger charge is 2.33. The number of ketones is 1. The molecule has 0 saturated carbocycles. The number of carbonyl (C=O) groups excluding carboxylic acids is 4. The first-order valence-corrected chi connectivity index (χ1v) is 11.3. The second-order valence-electron chi connectivity index (χ2n) is 8.45. The van der Waals surface area contributed by atoms with Crippen molar-refractivity contribution in [2.75, 3.05) is 33.8 Å². The van der Waals surface area contributed by atoms with Gasteiger partial charge in [-0.15, -0.1) is 0 Å². The summed E-state index contributed by atoms with van der Waals surface area (Å²) >= 11 is 0. The second-order valence-corrected chi connectivity index (χ2v) is 8.45. The zero-order chi connectivity index (χ0) is 26.2. The number of amides is 3. The van der Waals surface area contributed by atoms with Crippen LogP contribution in [0.2, 0.25) is 0 Å². The van der Waals surface area contributed by atoms with Crippen LogP contribution in [0.3, 0.4) is 0 Å². The van der Waals surface area contributed by atoms with Crippen molar-refractivity contribution < 1.29 is 29.5 Å². The summed E-state index contributed by atoms with van der Waals surface area (Å²) in [5.41, 5.74) is 4.54. The van der Waals surface area contributed by atoms with Gasteiger partial charge in [0, 0.05) is 50.4 Å². The highest BCUT2D eigenvalue weighted by Crippen LogP contribution is 2.19. The fraction of sp³-hybridized carbons (Fsp3) is 0.308. The number of hydrogen-bond donors (Lipinski definition) is 4. The third kappa shape index (κ3) is 6.34. The Morgan fingerprint density at radius 3 is 2.08 bits per heavy atom. The van der Waals surface area contributed by atoms with Gasteiger partial charge in [-0.1, -0.05) is 24.0 Å². The highest BCUT2D eigenvalue weighted by molar-refractivity contribution is 6.10. The average molecular weight is 493 g/mol. The molecule has 0 spiro atoms. The molecule has 2 aromatic carbocycles. The Kier molecular flexibility index (Phi) is 8.91. The maximum atomic E-state index is 12.8. The number of nitrogens with one attached hydrogen (secondary N) is 2.